The molecular formula is C52H32S. The minimum absolute atomic E-state index is 1.21. The van der Waals surface area contributed by atoms with E-state index in [9.17, 15) is 0 Å². The molecule has 0 saturated heterocycles. The van der Waals surface area contributed by atoms with E-state index in [0.29, 0.717) is 0 Å². The lowest BCUT2D eigenvalue weighted by molar-refractivity contribution is 1.59. The molecule has 11 aromatic rings. The van der Waals surface area contributed by atoms with Crippen molar-refractivity contribution in [3.63, 3.8) is 0 Å². The first kappa shape index (κ1) is 30.1. The smallest absolute Gasteiger partial charge is 0.0434 e. The largest absolute Gasteiger partial charge is 0.134 e. The van der Waals surface area contributed by atoms with E-state index < -0.39 is 0 Å². The molecule has 0 atom stereocenters. The number of hydrogen-bond donors (Lipinski definition) is 0. The van der Waals surface area contributed by atoms with Crippen LogP contribution in [-0.2, 0) is 0 Å². The zero-order valence-corrected chi connectivity index (χ0v) is 29.7. The fourth-order valence-electron chi connectivity index (χ4n) is 8.70. The van der Waals surface area contributed by atoms with Gasteiger partial charge in [0, 0.05) is 25.7 Å². The Balaban J connectivity index is 1.11. The van der Waals surface area contributed by atoms with Crippen LogP contribution in [0.3, 0.4) is 0 Å². The van der Waals surface area contributed by atoms with Crippen molar-refractivity contribution in [2.75, 3.05) is 0 Å². The van der Waals surface area contributed by atoms with E-state index in [1.807, 2.05) is 11.3 Å². The number of hydrogen-bond acceptors (Lipinski definition) is 1. The third-order valence-electron chi connectivity index (χ3n) is 11.1. The van der Waals surface area contributed by atoms with Gasteiger partial charge in [-0.05, 0) is 82.0 Å². The van der Waals surface area contributed by atoms with Crippen molar-refractivity contribution in [3.8, 4) is 44.5 Å². The van der Waals surface area contributed by atoms with Gasteiger partial charge in [0.25, 0.3) is 0 Å². The zero-order chi connectivity index (χ0) is 34.9. The maximum Gasteiger partial charge on any atom is 0.0434 e. The van der Waals surface area contributed by atoms with Crippen molar-refractivity contribution in [3.05, 3.63) is 194 Å². The predicted octanol–water partition coefficient (Wildman–Crippen LogP) is 15.3. The fourth-order valence-corrected chi connectivity index (χ4v) is 10.1. The molecule has 1 heterocycles. The lowest BCUT2D eigenvalue weighted by Gasteiger charge is -2.18. The van der Waals surface area contributed by atoms with E-state index in [4.69, 9.17) is 0 Å². The SMILES string of the molecule is c1ccc(-c2cccc3ccccc23)c(-c2ccc(-c3c4ccccc4c(-c4cccc5c4sc4c6ccccc6ccc54)c4ccccc34)cc2)c1. The Kier molecular flexibility index (Phi) is 6.83. The topological polar surface area (TPSA) is 0 Å². The van der Waals surface area contributed by atoms with E-state index in [-0.39, 0.29) is 0 Å². The van der Waals surface area contributed by atoms with Gasteiger partial charge in [-0.3, -0.25) is 0 Å². The highest BCUT2D eigenvalue weighted by atomic mass is 32.1. The summed E-state index contributed by atoms with van der Waals surface area (Å²) in [7, 11) is 0. The summed E-state index contributed by atoms with van der Waals surface area (Å²) >= 11 is 1.93. The van der Waals surface area contributed by atoms with Crippen molar-refractivity contribution >= 4 is 74.6 Å². The van der Waals surface area contributed by atoms with Crippen LogP contribution in [0.5, 0.6) is 0 Å². The Morgan fingerprint density at radius 2 is 0.679 bits per heavy atom. The molecule has 0 nitrogen and oxygen atoms in total. The fraction of sp³-hybridized carbons (Fsp3) is 0. The molecule has 0 saturated carbocycles. The van der Waals surface area contributed by atoms with E-state index in [1.54, 1.807) is 0 Å². The normalized spacial score (nSPS) is 11.8. The molecule has 0 spiro atoms. The molecule has 1 aromatic heterocycles. The van der Waals surface area contributed by atoms with Gasteiger partial charge in [0.1, 0.15) is 0 Å². The van der Waals surface area contributed by atoms with Gasteiger partial charge in [-0.15, -0.1) is 11.3 Å². The van der Waals surface area contributed by atoms with Crippen LogP contribution in [0.15, 0.2) is 194 Å². The average Bonchev–Trinajstić information content (AvgIpc) is 3.63. The second kappa shape index (κ2) is 12.0. The molecular weight excluding hydrogens is 657 g/mol. The quantitative estimate of drug-likeness (QED) is 0.162. The molecule has 0 aliphatic carbocycles. The molecule has 10 aromatic carbocycles. The molecule has 0 radical (unpaired) electrons. The number of fused-ring (bicyclic) bond motifs is 8. The third kappa shape index (κ3) is 4.68. The highest BCUT2D eigenvalue weighted by Crippen LogP contribution is 2.49. The van der Waals surface area contributed by atoms with Crippen molar-refractivity contribution in [1.82, 2.24) is 0 Å². The minimum atomic E-state index is 1.21. The Labute approximate surface area is 311 Å². The number of thiophene rings is 1. The van der Waals surface area contributed by atoms with E-state index in [0.717, 1.165) is 0 Å². The van der Waals surface area contributed by atoms with Crippen LogP contribution < -0.4 is 0 Å². The first-order chi connectivity index (χ1) is 26.3. The van der Waals surface area contributed by atoms with E-state index in [1.165, 1.54) is 108 Å². The van der Waals surface area contributed by atoms with Gasteiger partial charge in [-0.2, -0.15) is 0 Å². The van der Waals surface area contributed by atoms with E-state index >= 15 is 0 Å². The summed E-state index contributed by atoms with van der Waals surface area (Å²) in [6.07, 6.45) is 0. The average molecular weight is 689 g/mol. The molecule has 11 rings (SSSR count). The monoisotopic (exact) mass is 688 g/mol. The van der Waals surface area contributed by atoms with Crippen molar-refractivity contribution in [2.45, 2.75) is 0 Å². The summed E-state index contributed by atoms with van der Waals surface area (Å²) in [4.78, 5) is 0. The highest BCUT2D eigenvalue weighted by molar-refractivity contribution is 7.27. The molecule has 0 bridgehead atoms. The van der Waals surface area contributed by atoms with Crippen molar-refractivity contribution in [1.29, 1.82) is 0 Å². The summed E-state index contributed by atoms with van der Waals surface area (Å²) in [6, 6.07) is 71.6. The summed E-state index contributed by atoms with van der Waals surface area (Å²) in [6.45, 7) is 0. The number of rotatable bonds is 4. The Morgan fingerprint density at radius 3 is 1.40 bits per heavy atom. The zero-order valence-electron chi connectivity index (χ0n) is 28.9. The standard InChI is InChI=1S/C52H32S/c1-3-16-37-33(13-1)15-11-24-41(37)40-19-6-5-17-38(40)35-27-29-36(30-28-35)49-42-20-7-9-22-44(42)50(45-23-10-8-21-43(45)49)48-26-12-25-46-47-32-31-34-14-2-4-18-39(34)51(47)53-52(46)48/h1-32H. The van der Waals surface area contributed by atoms with Gasteiger partial charge in [0.05, 0.1) is 0 Å². The van der Waals surface area contributed by atoms with Crippen LogP contribution >= 0.6 is 11.3 Å². The second-order valence-corrected chi connectivity index (χ2v) is 15.0. The summed E-state index contributed by atoms with van der Waals surface area (Å²) in [5.41, 5.74) is 10.1. The van der Waals surface area contributed by atoms with Crippen molar-refractivity contribution in [2.24, 2.45) is 0 Å². The number of benzene rings is 10. The van der Waals surface area contributed by atoms with Crippen LogP contribution in [0, 0.1) is 0 Å². The maximum absolute atomic E-state index is 2.33. The molecule has 0 N–H and O–H groups in total. The molecule has 0 aliphatic heterocycles. The molecule has 1 heteroatoms. The lowest BCUT2D eigenvalue weighted by Crippen LogP contribution is -1.91. The Bertz CT molecular complexity index is 3150. The summed E-state index contributed by atoms with van der Waals surface area (Å²) in [5.74, 6) is 0. The highest BCUT2D eigenvalue weighted by Gasteiger charge is 2.20. The molecule has 0 amide bonds. The lowest BCUT2D eigenvalue weighted by atomic mass is 9.85. The molecule has 246 valence electrons. The minimum Gasteiger partial charge on any atom is -0.134 e. The van der Waals surface area contributed by atoms with Crippen LogP contribution in [0.2, 0.25) is 0 Å². The molecule has 53 heavy (non-hydrogen) atoms. The first-order valence-electron chi connectivity index (χ1n) is 18.3. The van der Waals surface area contributed by atoms with Gasteiger partial charge in [0.15, 0.2) is 0 Å². The third-order valence-corrected chi connectivity index (χ3v) is 12.4. The van der Waals surface area contributed by atoms with Crippen LogP contribution in [0.1, 0.15) is 0 Å². The van der Waals surface area contributed by atoms with Crippen LogP contribution in [-0.4, -0.2) is 0 Å². The van der Waals surface area contributed by atoms with Gasteiger partial charge < -0.3 is 0 Å². The van der Waals surface area contributed by atoms with Crippen molar-refractivity contribution < 1.29 is 0 Å². The van der Waals surface area contributed by atoms with E-state index in [2.05, 4.69) is 194 Å². The van der Waals surface area contributed by atoms with Crippen LogP contribution in [0.4, 0.5) is 0 Å². The second-order valence-electron chi connectivity index (χ2n) is 13.9. The maximum atomic E-state index is 2.33. The van der Waals surface area contributed by atoms with Gasteiger partial charge in [0.2, 0.25) is 0 Å². The molecule has 0 aliphatic rings. The molecule has 0 unspecified atom stereocenters. The first-order valence-corrected chi connectivity index (χ1v) is 19.1. The van der Waals surface area contributed by atoms with Gasteiger partial charge in [-0.25, -0.2) is 0 Å². The summed E-state index contributed by atoms with van der Waals surface area (Å²) < 4.78 is 2.70. The predicted molar refractivity (Wildman–Crippen MR) is 231 cm³/mol. The van der Waals surface area contributed by atoms with Gasteiger partial charge >= 0.3 is 0 Å². The summed E-state index contributed by atoms with van der Waals surface area (Å²) in [5, 5.41) is 12.9. The molecule has 0 fully saturated rings. The van der Waals surface area contributed by atoms with Crippen LogP contribution in [0.25, 0.3) is 108 Å². The Morgan fingerprint density at radius 1 is 0.226 bits per heavy atom. The van der Waals surface area contributed by atoms with Gasteiger partial charge in [-0.1, -0.05) is 194 Å². The Hall–Kier alpha value is -6.54.